The van der Waals surface area contributed by atoms with Crippen molar-refractivity contribution in [1.29, 1.82) is 0 Å². The minimum Gasteiger partial charge on any atom is -0.367 e. The van der Waals surface area contributed by atoms with E-state index in [0.717, 1.165) is 21.7 Å². The monoisotopic (exact) mass is 298 g/mol. The highest BCUT2D eigenvalue weighted by Crippen LogP contribution is 2.38. The Morgan fingerprint density at radius 2 is 1.81 bits per heavy atom. The van der Waals surface area contributed by atoms with Gasteiger partial charge in [0.2, 0.25) is 5.88 Å². The maximum absolute atomic E-state index is 5.95. The quantitative estimate of drug-likeness (QED) is 0.728. The summed E-state index contributed by atoms with van der Waals surface area (Å²) in [6.07, 6.45) is 0. The predicted octanol–water partition coefficient (Wildman–Crippen LogP) is 4.95. The smallest absolute Gasteiger partial charge is 0.231 e. The lowest BCUT2D eigenvalue weighted by Crippen LogP contribution is -2.10. The normalized spacial score (nSPS) is 11.8. The van der Waals surface area contributed by atoms with Crippen molar-refractivity contribution in [2.75, 3.05) is 5.73 Å². The molecule has 0 bridgehead atoms. The van der Waals surface area contributed by atoms with Crippen molar-refractivity contribution in [3.05, 3.63) is 47.3 Å². The van der Waals surface area contributed by atoms with Gasteiger partial charge in [0.05, 0.1) is 5.56 Å². The molecule has 0 unspecified atom stereocenters. The summed E-state index contributed by atoms with van der Waals surface area (Å²) >= 11 is 1.63. The van der Waals surface area contributed by atoms with Crippen molar-refractivity contribution in [3.8, 4) is 21.7 Å². The number of rotatable bonds is 2. The first-order valence-electron chi connectivity index (χ1n) is 6.87. The standard InChI is InChI=1S/C17H18N2OS/c1-17(2,3)12-8-6-11(7-9-12)15-14(16(18)20-19-15)13-5-4-10-21-13/h4-10H,18H2,1-3H3. The molecule has 0 aliphatic heterocycles. The summed E-state index contributed by atoms with van der Waals surface area (Å²) in [5.41, 5.74) is 10.1. The number of hydrogen-bond acceptors (Lipinski definition) is 4. The molecular weight excluding hydrogens is 280 g/mol. The van der Waals surface area contributed by atoms with Gasteiger partial charge in [-0.15, -0.1) is 11.3 Å². The molecule has 1 aromatic carbocycles. The molecule has 2 N–H and O–H groups in total. The molecule has 3 nitrogen and oxygen atoms in total. The third kappa shape index (κ3) is 2.59. The molecule has 0 amide bonds. The average molecular weight is 298 g/mol. The Morgan fingerprint density at radius 1 is 1.10 bits per heavy atom. The van der Waals surface area contributed by atoms with Gasteiger partial charge in [0.15, 0.2) is 0 Å². The molecule has 108 valence electrons. The van der Waals surface area contributed by atoms with Crippen LogP contribution in [0, 0.1) is 0 Å². The number of hydrogen-bond donors (Lipinski definition) is 1. The maximum Gasteiger partial charge on any atom is 0.231 e. The maximum atomic E-state index is 5.95. The van der Waals surface area contributed by atoms with E-state index in [2.05, 4.69) is 50.2 Å². The van der Waals surface area contributed by atoms with Gasteiger partial charge in [-0.05, 0) is 22.4 Å². The van der Waals surface area contributed by atoms with Crippen LogP contribution in [0.4, 0.5) is 5.88 Å². The van der Waals surface area contributed by atoms with Crippen molar-refractivity contribution < 1.29 is 4.52 Å². The zero-order chi connectivity index (χ0) is 15.0. The molecule has 4 heteroatoms. The number of nitrogen functional groups attached to an aromatic ring is 1. The molecule has 0 saturated heterocycles. The Morgan fingerprint density at radius 3 is 2.38 bits per heavy atom. The van der Waals surface area contributed by atoms with Gasteiger partial charge < -0.3 is 10.3 Å². The number of thiophene rings is 1. The molecule has 0 spiro atoms. The van der Waals surface area contributed by atoms with Gasteiger partial charge in [0, 0.05) is 10.4 Å². The minimum atomic E-state index is 0.137. The van der Waals surface area contributed by atoms with Crippen molar-refractivity contribution in [2.24, 2.45) is 0 Å². The molecule has 3 aromatic rings. The van der Waals surface area contributed by atoms with Crippen molar-refractivity contribution >= 4 is 17.2 Å². The number of benzene rings is 1. The third-order valence-corrected chi connectivity index (χ3v) is 4.40. The summed E-state index contributed by atoms with van der Waals surface area (Å²) in [5.74, 6) is 0.368. The molecule has 0 fully saturated rings. The number of nitrogens with zero attached hydrogens (tertiary/aromatic N) is 1. The fourth-order valence-electron chi connectivity index (χ4n) is 2.29. The lowest BCUT2D eigenvalue weighted by atomic mass is 9.86. The van der Waals surface area contributed by atoms with Crippen LogP contribution >= 0.6 is 11.3 Å². The zero-order valence-electron chi connectivity index (χ0n) is 12.4. The van der Waals surface area contributed by atoms with Crippen LogP contribution in [-0.4, -0.2) is 5.16 Å². The van der Waals surface area contributed by atoms with Gasteiger partial charge in [-0.3, -0.25) is 0 Å². The van der Waals surface area contributed by atoms with Crippen LogP contribution in [0.2, 0.25) is 0 Å². The van der Waals surface area contributed by atoms with Gasteiger partial charge >= 0.3 is 0 Å². The highest BCUT2D eigenvalue weighted by Gasteiger charge is 2.19. The Labute approximate surface area is 128 Å². The van der Waals surface area contributed by atoms with E-state index in [9.17, 15) is 0 Å². The van der Waals surface area contributed by atoms with E-state index in [0.29, 0.717) is 5.88 Å². The van der Waals surface area contributed by atoms with Gasteiger partial charge in [0.1, 0.15) is 5.69 Å². The summed E-state index contributed by atoms with van der Waals surface area (Å²) in [5, 5.41) is 6.16. The van der Waals surface area contributed by atoms with E-state index >= 15 is 0 Å². The predicted molar refractivity (Wildman–Crippen MR) is 88.4 cm³/mol. The van der Waals surface area contributed by atoms with Crippen LogP contribution in [0.15, 0.2) is 46.3 Å². The highest BCUT2D eigenvalue weighted by atomic mass is 32.1. The van der Waals surface area contributed by atoms with Gasteiger partial charge in [0.25, 0.3) is 0 Å². The molecule has 0 aliphatic rings. The Balaban J connectivity index is 2.06. The van der Waals surface area contributed by atoms with E-state index in [4.69, 9.17) is 10.3 Å². The molecule has 0 radical (unpaired) electrons. The van der Waals surface area contributed by atoms with E-state index in [1.54, 1.807) is 11.3 Å². The molecule has 21 heavy (non-hydrogen) atoms. The zero-order valence-corrected chi connectivity index (χ0v) is 13.2. The Hall–Kier alpha value is -2.07. The van der Waals surface area contributed by atoms with Crippen LogP contribution in [-0.2, 0) is 5.41 Å². The molecule has 2 heterocycles. The van der Waals surface area contributed by atoms with Crippen molar-refractivity contribution in [2.45, 2.75) is 26.2 Å². The van der Waals surface area contributed by atoms with Crippen LogP contribution in [0.25, 0.3) is 21.7 Å². The van der Waals surface area contributed by atoms with E-state index in [-0.39, 0.29) is 5.41 Å². The summed E-state index contributed by atoms with van der Waals surface area (Å²) in [7, 11) is 0. The summed E-state index contributed by atoms with van der Waals surface area (Å²) in [6, 6.07) is 12.5. The molecule has 0 aliphatic carbocycles. The fraction of sp³-hybridized carbons (Fsp3) is 0.235. The average Bonchev–Trinajstić information content (AvgIpc) is 3.06. The first-order chi connectivity index (χ1) is 9.97. The Bertz CT molecular complexity index is 734. The van der Waals surface area contributed by atoms with E-state index in [1.807, 2.05) is 17.5 Å². The highest BCUT2D eigenvalue weighted by molar-refractivity contribution is 7.13. The van der Waals surface area contributed by atoms with Crippen LogP contribution < -0.4 is 5.73 Å². The fourth-order valence-corrected chi connectivity index (χ4v) is 3.06. The van der Waals surface area contributed by atoms with Gasteiger partial charge in [-0.1, -0.05) is 56.3 Å². The SMILES string of the molecule is CC(C)(C)c1ccc(-c2noc(N)c2-c2cccs2)cc1. The number of aromatic nitrogens is 1. The van der Waals surface area contributed by atoms with E-state index in [1.165, 1.54) is 5.56 Å². The molecule has 0 saturated carbocycles. The lowest BCUT2D eigenvalue weighted by Gasteiger charge is -2.18. The van der Waals surface area contributed by atoms with Gasteiger partial charge in [-0.25, -0.2) is 0 Å². The topological polar surface area (TPSA) is 52.0 Å². The second kappa shape index (κ2) is 5.04. The largest absolute Gasteiger partial charge is 0.367 e. The third-order valence-electron chi connectivity index (χ3n) is 3.51. The second-order valence-electron chi connectivity index (χ2n) is 6.08. The Kier molecular flexibility index (Phi) is 3.33. The first-order valence-corrected chi connectivity index (χ1v) is 7.75. The summed E-state index contributed by atoms with van der Waals surface area (Å²) in [4.78, 5) is 1.07. The van der Waals surface area contributed by atoms with Crippen molar-refractivity contribution in [3.63, 3.8) is 0 Å². The first kappa shape index (κ1) is 13.9. The van der Waals surface area contributed by atoms with Crippen LogP contribution in [0.5, 0.6) is 0 Å². The van der Waals surface area contributed by atoms with Crippen LogP contribution in [0.3, 0.4) is 0 Å². The van der Waals surface area contributed by atoms with Crippen molar-refractivity contribution in [1.82, 2.24) is 5.16 Å². The second-order valence-corrected chi connectivity index (χ2v) is 7.02. The van der Waals surface area contributed by atoms with Gasteiger partial charge in [-0.2, -0.15) is 0 Å². The molecule has 2 aromatic heterocycles. The molecule has 0 atom stereocenters. The lowest BCUT2D eigenvalue weighted by molar-refractivity contribution is 0.439. The minimum absolute atomic E-state index is 0.137. The van der Waals surface area contributed by atoms with E-state index < -0.39 is 0 Å². The molecular formula is C17H18N2OS. The van der Waals surface area contributed by atoms with Crippen LogP contribution in [0.1, 0.15) is 26.3 Å². The summed E-state index contributed by atoms with van der Waals surface area (Å²) < 4.78 is 5.21. The summed E-state index contributed by atoms with van der Waals surface area (Å²) in [6.45, 7) is 6.60. The number of anilines is 1. The molecule has 3 rings (SSSR count). The number of nitrogens with two attached hydrogens (primary N) is 1.